The second kappa shape index (κ2) is 11.6. The average Bonchev–Trinajstić information content (AvgIpc) is 3.70. The van der Waals surface area contributed by atoms with E-state index in [-0.39, 0.29) is 5.82 Å². The lowest BCUT2D eigenvalue weighted by atomic mass is 10.0. The molecule has 1 aliphatic heterocycles. The van der Waals surface area contributed by atoms with Gasteiger partial charge in [0.05, 0.1) is 22.8 Å². The molecule has 0 amide bonds. The van der Waals surface area contributed by atoms with Crippen LogP contribution in [0.5, 0.6) is 0 Å². The number of hydrogen-bond acceptors (Lipinski definition) is 3. The molecule has 2 N–H and O–H groups in total. The Hall–Kier alpha value is -4.29. The van der Waals surface area contributed by atoms with Crippen molar-refractivity contribution in [3.8, 4) is 22.5 Å². The molecule has 0 saturated carbocycles. The second-order valence-corrected chi connectivity index (χ2v) is 9.85. The number of allylic oxidation sites excluding steroid dienone is 4. The number of hydrogen-bond donors (Lipinski definition) is 2. The maximum Gasteiger partial charge on any atom is 0.123 e. The van der Waals surface area contributed by atoms with Crippen LogP contribution in [0.15, 0.2) is 90.8 Å². The molecule has 39 heavy (non-hydrogen) atoms. The molecule has 0 spiro atoms. The third-order valence-corrected chi connectivity index (χ3v) is 7.27. The van der Waals surface area contributed by atoms with Crippen molar-refractivity contribution in [2.24, 2.45) is 0 Å². The molecule has 4 heterocycles. The van der Waals surface area contributed by atoms with E-state index in [1.54, 1.807) is 18.5 Å². The first-order valence-corrected chi connectivity index (χ1v) is 13.4. The van der Waals surface area contributed by atoms with Gasteiger partial charge >= 0.3 is 0 Å². The molecule has 3 aromatic heterocycles. The molecule has 6 heteroatoms. The Morgan fingerprint density at radius 2 is 1.97 bits per heavy atom. The molecule has 5 rings (SSSR count). The smallest absolute Gasteiger partial charge is 0.123 e. The van der Waals surface area contributed by atoms with Gasteiger partial charge in [0.15, 0.2) is 0 Å². The topological polar surface area (TPSA) is 60.6 Å². The molecule has 0 radical (unpaired) electrons. The van der Waals surface area contributed by atoms with Crippen molar-refractivity contribution in [1.29, 1.82) is 0 Å². The monoisotopic (exact) mass is 519 g/mol. The van der Waals surface area contributed by atoms with Crippen molar-refractivity contribution in [2.75, 3.05) is 19.6 Å². The molecule has 0 unspecified atom stereocenters. The summed E-state index contributed by atoms with van der Waals surface area (Å²) in [6.07, 6.45) is 16.4. The zero-order chi connectivity index (χ0) is 27.4. The van der Waals surface area contributed by atoms with Gasteiger partial charge < -0.3 is 4.98 Å². The summed E-state index contributed by atoms with van der Waals surface area (Å²) in [5.74, 6) is -0.278. The molecular weight excluding hydrogens is 485 g/mol. The molecule has 0 aliphatic carbocycles. The van der Waals surface area contributed by atoms with E-state index in [0.29, 0.717) is 0 Å². The molecule has 1 fully saturated rings. The molecule has 1 aromatic carbocycles. The predicted octanol–water partition coefficient (Wildman–Crippen LogP) is 6.05. The van der Waals surface area contributed by atoms with Crippen molar-refractivity contribution in [3.05, 3.63) is 107 Å². The number of nitrogens with zero attached hydrogens (tertiary/aromatic N) is 3. The Kier molecular flexibility index (Phi) is 7.84. The van der Waals surface area contributed by atoms with Crippen LogP contribution in [0.25, 0.3) is 45.6 Å². The molecule has 4 aromatic rings. The highest BCUT2D eigenvalue weighted by molar-refractivity contribution is 5.97. The Morgan fingerprint density at radius 3 is 2.69 bits per heavy atom. The van der Waals surface area contributed by atoms with Crippen molar-refractivity contribution in [2.45, 2.75) is 26.7 Å². The molecule has 198 valence electrons. The fourth-order valence-electron chi connectivity index (χ4n) is 5.19. The summed E-state index contributed by atoms with van der Waals surface area (Å²) in [7, 11) is 0. The molecule has 0 bridgehead atoms. The zero-order valence-electron chi connectivity index (χ0n) is 22.6. The first-order chi connectivity index (χ1) is 19.0. The lowest BCUT2D eigenvalue weighted by Crippen LogP contribution is -2.24. The Morgan fingerprint density at radius 1 is 1.15 bits per heavy atom. The number of pyridine rings is 1. The van der Waals surface area contributed by atoms with Gasteiger partial charge in [0.2, 0.25) is 0 Å². The van der Waals surface area contributed by atoms with Crippen LogP contribution in [0.1, 0.15) is 26.7 Å². The van der Waals surface area contributed by atoms with Gasteiger partial charge in [0, 0.05) is 28.9 Å². The third-order valence-electron chi connectivity index (χ3n) is 7.27. The maximum atomic E-state index is 14.0. The van der Waals surface area contributed by atoms with Crippen LogP contribution in [0.2, 0.25) is 0 Å². The summed E-state index contributed by atoms with van der Waals surface area (Å²) in [4.78, 5) is 10.3. The number of rotatable bonds is 8. The summed E-state index contributed by atoms with van der Waals surface area (Å²) in [6.45, 7) is 15.6. The number of fused-ring (bicyclic) bond motifs is 1. The minimum atomic E-state index is -0.278. The van der Waals surface area contributed by atoms with E-state index in [1.165, 1.54) is 30.5 Å². The highest BCUT2D eigenvalue weighted by Gasteiger charge is 2.14. The van der Waals surface area contributed by atoms with Gasteiger partial charge in [-0.25, -0.2) is 4.39 Å². The van der Waals surface area contributed by atoms with Gasteiger partial charge in [-0.1, -0.05) is 49.6 Å². The summed E-state index contributed by atoms with van der Waals surface area (Å²) in [5, 5.41) is 10.6. The van der Waals surface area contributed by atoms with Crippen LogP contribution in [-0.4, -0.2) is 44.7 Å². The van der Waals surface area contributed by atoms with Crippen molar-refractivity contribution in [3.63, 3.8) is 0 Å². The number of aromatic nitrogens is 4. The number of aromatic amines is 2. The molecule has 0 atom stereocenters. The highest BCUT2D eigenvalue weighted by atomic mass is 19.1. The lowest BCUT2D eigenvalue weighted by molar-refractivity contribution is 0.371. The van der Waals surface area contributed by atoms with Crippen LogP contribution in [0.3, 0.4) is 0 Å². The van der Waals surface area contributed by atoms with E-state index in [1.807, 2.05) is 32.1 Å². The van der Waals surface area contributed by atoms with Crippen LogP contribution in [-0.2, 0) is 0 Å². The third kappa shape index (κ3) is 5.61. The summed E-state index contributed by atoms with van der Waals surface area (Å²) in [5.41, 5.74) is 7.25. The Bertz CT molecular complexity index is 1710. The quantitative estimate of drug-likeness (QED) is 0.279. The van der Waals surface area contributed by atoms with Crippen molar-refractivity contribution < 1.29 is 4.39 Å². The van der Waals surface area contributed by atoms with Gasteiger partial charge in [0.1, 0.15) is 11.5 Å². The fourth-order valence-corrected chi connectivity index (χ4v) is 5.19. The molecular formula is C33H34FN5. The van der Waals surface area contributed by atoms with Gasteiger partial charge in [0.25, 0.3) is 0 Å². The molecule has 1 saturated heterocycles. The number of nitrogens with one attached hydrogen (secondary N) is 2. The SMILES string of the molecule is C=C/C(=C\C(=C/C)C(=C)/C=c1/c(-c2cc3c(-c4cccc(F)c4)cncc3[nH]2)n[nH]/c1=C/C)CN1CCCC1. The van der Waals surface area contributed by atoms with Crippen molar-refractivity contribution >= 4 is 23.1 Å². The largest absolute Gasteiger partial charge is 0.352 e. The van der Waals surface area contributed by atoms with E-state index >= 15 is 0 Å². The maximum absolute atomic E-state index is 14.0. The van der Waals surface area contributed by atoms with Crippen molar-refractivity contribution in [1.82, 2.24) is 25.1 Å². The second-order valence-electron chi connectivity index (χ2n) is 9.85. The first-order valence-electron chi connectivity index (χ1n) is 13.4. The van der Waals surface area contributed by atoms with E-state index in [2.05, 4.69) is 62.5 Å². The van der Waals surface area contributed by atoms with E-state index in [0.717, 1.165) is 74.8 Å². The van der Waals surface area contributed by atoms with Gasteiger partial charge in [-0.2, -0.15) is 5.10 Å². The first kappa shape index (κ1) is 26.3. The number of benzene rings is 1. The standard InChI is InChI=1S/C33H34FN5/c1-5-23(21-39-13-8-9-14-39)16-24(6-2)22(4)15-28-30(7-3)37-38-33(28)31-18-27-29(19-35-20-32(27)36-31)25-11-10-12-26(34)17-25/h5-7,10-12,15-20,36-37H,1,4,8-9,13-14,21H2,2-3H3/b23-16+,24-6+,28-15+,30-7+. The molecule has 1 aliphatic rings. The number of H-pyrrole nitrogens is 2. The normalized spacial score (nSPS) is 16.0. The zero-order valence-corrected chi connectivity index (χ0v) is 22.6. The van der Waals surface area contributed by atoms with Crippen LogP contribution >= 0.6 is 0 Å². The average molecular weight is 520 g/mol. The van der Waals surface area contributed by atoms with Crippen LogP contribution in [0, 0.1) is 5.82 Å². The summed E-state index contributed by atoms with van der Waals surface area (Å²) < 4.78 is 14.0. The Labute approximate surface area is 228 Å². The van der Waals surface area contributed by atoms with Crippen LogP contribution < -0.4 is 10.6 Å². The predicted molar refractivity (Wildman–Crippen MR) is 160 cm³/mol. The minimum absolute atomic E-state index is 0.278. The van der Waals surface area contributed by atoms with E-state index in [4.69, 9.17) is 0 Å². The van der Waals surface area contributed by atoms with Gasteiger partial charge in [-0.15, -0.1) is 0 Å². The molecule has 5 nitrogen and oxygen atoms in total. The minimum Gasteiger partial charge on any atom is -0.352 e. The summed E-state index contributed by atoms with van der Waals surface area (Å²) in [6, 6.07) is 8.62. The Balaban J connectivity index is 1.54. The van der Waals surface area contributed by atoms with Crippen LogP contribution in [0.4, 0.5) is 4.39 Å². The van der Waals surface area contributed by atoms with Gasteiger partial charge in [-0.05, 0) is 86.3 Å². The number of likely N-dealkylation sites (tertiary alicyclic amines) is 1. The van der Waals surface area contributed by atoms with E-state index < -0.39 is 0 Å². The highest BCUT2D eigenvalue weighted by Crippen LogP contribution is 2.30. The lowest BCUT2D eigenvalue weighted by Gasteiger charge is -2.15. The summed E-state index contributed by atoms with van der Waals surface area (Å²) >= 11 is 0. The van der Waals surface area contributed by atoms with Gasteiger partial charge in [-0.3, -0.25) is 15.0 Å². The number of halogens is 1. The van der Waals surface area contributed by atoms with E-state index in [9.17, 15) is 4.39 Å². The fraction of sp³-hybridized carbons (Fsp3) is 0.212.